The Balaban J connectivity index is 2.09. The van der Waals surface area contributed by atoms with Crippen LogP contribution in [0.25, 0.3) is 22.4 Å². The Morgan fingerprint density at radius 2 is 1.55 bits per heavy atom. The molecule has 0 aliphatic carbocycles. The summed E-state index contributed by atoms with van der Waals surface area (Å²) in [6, 6.07) is 26.4. The lowest BCUT2D eigenvalue weighted by Crippen LogP contribution is -1.87. The molecule has 0 bridgehead atoms. The zero-order valence-corrected chi connectivity index (χ0v) is 12.2. The smallest absolute Gasteiger partial charge is 0.0998 e. The summed E-state index contributed by atoms with van der Waals surface area (Å²) in [6.07, 6.45) is 1.91. The maximum Gasteiger partial charge on any atom is 0.0998 e. The van der Waals surface area contributed by atoms with Crippen LogP contribution in [0.4, 0.5) is 0 Å². The van der Waals surface area contributed by atoms with Crippen molar-refractivity contribution in [3.05, 3.63) is 96.1 Å². The van der Waals surface area contributed by atoms with Gasteiger partial charge in [0.25, 0.3) is 0 Å². The van der Waals surface area contributed by atoms with E-state index >= 15 is 0 Å². The predicted molar refractivity (Wildman–Crippen MR) is 93.0 cm³/mol. The first-order chi connectivity index (χ1) is 10.8. The molecule has 0 saturated heterocycles. The number of hydrogen-bond acceptors (Lipinski definition) is 1. The van der Waals surface area contributed by atoms with Crippen LogP contribution in [0.2, 0.25) is 0 Å². The summed E-state index contributed by atoms with van der Waals surface area (Å²) in [5, 5.41) is 11.8. The fourth-order valence-corrected chi connectivity index (χ4v) is 2.51. The number of fused-ring (bicyclic) bond motifs is 1. The fourth-order valence-electron chi connectivity index (χ4n) is 2.51. The van der Waals surface area contributed by atoms with Gasteiger partial charge in [0, 0.05) is 0 Å². The van der Waals surface area contributed by atoms with E-state index in [0.717, 1.165) is 22.1 Å². The van der Waals surface area contributed by atoms with Gasteiger partial charge in [-0.2, -0.15) is 5.26 Å². The maximum atomic E-state index is 9.51. The standard InChI is InChI=1S/C21H15N/c1-16(17-8-3-2-4-9-17)20(15-22)14-19-12-7-11-18-10-5-6-13-21(18)19/h2-14H,1H2/b20-14+. The van der Waals surface area contributed by atoms with E-state index in [1.54, 1.807) is 0 Å². The molecule has 22 heavy (non-hydrogen) atoms. The second-order valence-corrected chi connectivity index (χ2v) is 5.08. The maximum absolute atomic E-state index is 9.51. The van der Waals surface area contributed by atoms with Crippen molar-refractivity contribution >= 4 is 22.4 Å². The first-order valence-corrected chi connectivity index (χ1v) is 7.14. The van der Waals surface area contributed by atoms with Crippen LogP contribution in [0.15, 0.2) is 84.9 Å². The second-order valence-electron chi connectivity index (χ2n) is 5.08. The number of nitrogens with zero attached hydrogens (tertiary/aromatic N) is 1. The van der Waals surface area contributed by atoms with Crippen molar-refractivity contribution < 1.29 is 0 Å². The fraction of sp³-hybridized carbons (Fsp3) is 0. The third kappa shape index (κ3) is 2.68. The van der Waals surface area contributed by atoms with Gasteiger partial charge in [-0.15, -0.1) is 0 Å². The topological polar surface area (TPSA) is 23.8 Å². The van der Waals surface area contributed by atoms with Gasteiger partial charge in [0.05, 0.1) is 11.6 Å². The van der Waals surface area contributed by atoms with Gasteiger partial charge in [-0.05, 0) is 33.5 Å². The second kappa shape index (κ2) is 6.11. The Bertz CT molecular complexity index is 891. The Kier molecular flexibility index (Phi) is 3.85. The van der Waals surface area contributed by atoms with Crippen LogP contribution >= 0.6 is 0 Å². The number of nitriles is 1. The highest BCUT2D eigenvalue weighted by Crippen LogP contribution is 2.26. The highest BCUT2D eigenvalue weighted by Gasteiger charge is 2.06. The first-order valence-electron chi connectivity index (χ1n) is 7.14. The summed E-state index contributed by atoms with van der Waals surface area (Å²) in [5.74, 6) is 0. The Hall–Kier alpha value is -3.11. The SMILES string of the molecule is C=C(/C(C#N)=C/c1cccc2ccccc12)c1ccccc1. The van der Waals surface area contributed by atoms with Crippen LogP contribution in [0.5, 0.6) is 0 Å². The summed E-state index contributed by atoms with van der Waals surface area (Å²) in [6.45, 7) is 4.08. The first kappa shape index (κ1) is 13.9. The van der Waals surface area contributed by atoms with Crippen LogP contribution in [0.1, 0.15) is 11.1 Å². The molecule has 0 aliphatic heterocycles. The van der Waals surface area contributed by atoms with Crippen LogP contribution in [-0.4, -0.2) is 0 Å². The molecule has 0 saturated carbocycles. The van der Waals surface area contributed by atoms with Crippen molar-refractivity contribution in [2.24, 2.45) is 0 Å². The third-order valence-corrected chi connectivity index (χ3v) is 3.69. The van der Waals surface area contributed by atoms with Crippen LogP contribution in [0, 0.1) is 11.3 Å². The molecule has 0 N–H and O–H groups in total. The van der Waals surface area contributed by atoms with Gasteiger partial charge in [0.15, 0.2) is 0 Å². The van der Waals surface area contributed by atoms with Crippen molar-refractivity contribution in [2.75, 3.05) is 0 Å². The van der Waals surface area contributed by atoms with Gasteiger partial charge in [0.2, 0.25) is 0 Å². The van der Waals surface area contributed by atoms with Gasteiger partial charge in [-0.3, -0.25) is 0 Å². The molecule has 0 unspecified atom stereocenters. The van der Waals surface area contributed by atoms with Crippen molar-refractivity contribution in [1.29, 1.82) is 5.26 Å². The average Bonchev–Trinajstić information content (AvgIpc) is 2.60. The van der Waals surface area contributed by atoms with Crippen molar-refractivity contribution in [3.63, 3.8) is 0 Å². The molecule has 1 heteroatoms. The van der Waals surface area contributed by atoms with E-state index in [2.05, 4.69) is 30.8 Å². The molecule has 0 fully saturated rings. The lowest BCUT2D eigenvalue weighted by Gasteiger charge is -2.06. The van der Waals surface area contributed by atoms with Gasteiger partial charge in [-0.1, -0.05) is 79.4 Å². The van der Waals surface area contributed by atoms with Crippen LogP contribution < -0.4 is 0 Å². The van der Waals surface area contributed by atoms with Crippen molar-refractivity contribution in [3.8, 4) is 6.07 Å². The van der Waals surface area contributed by atoms with Gasteiger partial charge >= 0.3 is 0 Å². The molecule has 0 radical (unpaired) electrons. The lowest BCUT2D eigenvalue weighted by atomic mass is 9.96. The monoisotopic (exact) mass is 281 g/mol. The van der Waals surface area contributed by atoms with Crippen molar-refractivity contribution in [2.45, 2.75) is 0 Å². The van der Waals surface area contributed by atoms with Gasteiger partial charge in [-0.25, -0.2) is 0 Å². The minimum absolute atomic E-state index is 0.586. The Morgan fingerprint density at radius 3 is 2.32 bits per heavy atom. The number of benzene rings is 3. The number of hydrogen-bond donors (Lipinski definition) is 0. The summed E-state index contributed by atoms with van der Waals surface area (Å²) >= 11 is 0. The highest BCUT2D eigenvalue weighted by atomic mass is 14.3. The molecule has 0 aliphatic rings. The van der Waals surface area contributed by atoms with E-state index in [4.69, 9.17) is 0 Å². The number of allylic oxidation sites excluding steroid dienone is 2. The van der Waals surface area contributed by atoms with E-state index < -0.39 is 0 Å². The third-order valence-electron chi connectivity index (χ3n) is 3.69. The van der Waals surface area contributed by atoms with Crippen LogP contribution in [0.3, 0.4) is 0 Å². The summed E-state index contributed by atoms with van der Waals surface area (Å²) < 4.78 is 0. The zero-order chi connectivity index (χ0) is 15.4. The van der Waals surface area contributed by atoms with Crippen molar-refractivity contribution in [1.82, 2.24) is 0 Å². The van der Waals surface area contributed by atoms with E-state index in [-0.39, 0.29) is 0 Å². The Labute approximate surface area is 130 Å². The molecule has 0 spiro atoms. The van der Waals surface area contributed by atoms with E-state index in [9.17, 15) is 5.26 Å². The zero-order valence-electron chi connectivity index (χ0n) is 12.2. The molecule has 0 aromatic heterocycles. The quantitative estimate of drug-likeness (QED) is 0.462. The molecule has 0 amide bonds. The van der Waals surface area contributed by atoms with Gasteiger partial charge in [0.1, 0.15) is 0 Å². The molecule has 0 atom stereocenters. The average molecular weight is 281 g/mol. The van der Waals surface area contributed by atoms with E-state index in [0.29, 0.717) is 5.57 Å². The van der Waals surface area contributed by atoms with Crippen LogP contribution in [-0.2, 0) is 0 Å². The molecule has 3 aromatic carbocycles. The largest absolute Gasteiger partial charge is 0.192 e. The molecule has 104 valence electrons. The molecule has 1 nitrogen and oxygen atoms in total. The minimum atomic E-state index is 0.586. The van der Waals surface area contributed by atoms with E-state index in [1.165, 1.54) is 5.39 Å². The minimum Gasteiger partial charge on any atom is -0.192 e. The summed E-state index contributed by atoms with van der Waals surface area (Å²) in [4.78, 5) is 0. The molecular weight excluding hydrogens is 266 g/mol. The molecule has 0 heterocycles. The molecule has 3 aromatic rings. The normalized spacial score (nSPS) is 11.1. The summed E-state index contributed by atoms with van der Waals surface area (Å²) in [7, 11) is 0. The highest BCUT2D eigenvalue weighted by molar-refractivity contribution is 5.95. The van der Waals surface area contributed by atoms with Gasteiger partial charge < -0.3 is 0 Å². The van der Waals surface area contributed by atoms with E-state index in [1.807, 2.05) is 60.7 Å². The predicted octanol–water partition coefficient (Wildman–Crippen LogP) is 5.46. The molecular formula is C21H15N. The number of rotatable bonds is 3. The Morgan fingerprint density at radius 1 is 0.864 bits per heavy atom. The lowest BCUT2D eigenvalue weighted by molar-refractivity contribution is 1.50. The summed E-state index contributed by atoms with van der Waals surface area (Å²) in [5.41, 5.74) is 3.33. The molecule has 3 rings (SSSR count).